The number of hydrogen-bond acceptors (Lipinski definition) is 4. The van der Waals surface area contributed by atoms with E-state index in [-0.39, 0.29) is 6.42 Å². The number of nitrogens with two attached hydrogens (primary N) is 1. The molecule has 0 aromatic rings. The molecular formula is C8H11F3N2O3. The van der Waals surface area contributed by atoms with Gasteiger partial charge in [0.25, 0.3) is 0 Å². The fourth-order valence-corrected chi connectivity index (χ4v) is 1.53. The van der Waals surface area contributed by atoms with E-state index in [1.54, 1.807) is 6.92 Å². The highest BCUT2D eigenvalue weighted by Crippen LogP contribution is 2.26. The van der Waals surface area contributed by atoms with E-state index >= 15 is 0 Å². The van der Waals surface area contributed by atoms with Crippen LogP contribution in [0.3, 0.4) is 0 Å². The summed E-state index contributed by atoms with van der Waals surface area (Å²) in [4.78, 5) is 25.6. The Morgan fingerprint density at radius 3 is 2.38 bits per heavy atom. The van der Waals surface area contributed by atoms with Crippen molar-refractivity contribution in [1.82, 2.24) is 5.06 Å². The second-order valence-corrected chi connectivity index (χ2v) is 3.58. The van der Waals surface area contributed by atoms with Crippen molar-refractivity contribution in [2.45, 2.75) is 38.0 Å². The van der Waals surface area contributed by atoms with Crippen molar-refractivity contribution in [3.05, 3.63) is 0 Å². The highest BCUT2D eigenvalue weighted by molar-refractivity contribution is 5.81. The lowest BCUT2D eigenvalue weighted by atomic mass is 10.2. The van der Waals surface area contributed by atoms with E-state index in [4.69, 9.17) is 5.73 Å². The molecule has 1 rings (SSSR count). The minimum atomic E-state index is -5.08. The molecule has 0 aliphatic carbocycles. The molecule has 92 valence electrons. The summed E-state index contributed by atoms with van der Waals surface area (Å²) in [6.07, 6.45) is -4.36. The topological polar surface area (TPSA) is 72.6 Å². The Balaban J connectivity index is 2.71. The van der Waals surface area contributed by atoms with Crippen LogP contribution in [0.4, 0.5) is 13.2 Å². The van der Waals surface area contributed by atoms with Crippen LogP contribution in [0.15, 0.2) is 0 Å². The Labute approximate surface area is 89.3 Å². The van der Waals surface area contributed by atoms with Gasteiger partial charge in [0.05, 0.1) is 0 Å². The van der Waals surface area contributed by atoms with E-state index in [9.17, 15) is 22.8 Å². The Hall–Kier alpha value is -1.31. The van der Waals surface area contributed by atoms with Crippen LogP contribution in [0, 0.1) is 0 Å². The Morgan fingerprint density at radius 1 is 1.38 bits per heavy atom. The molecule has 2 N–H and O–H groups in total. The molecule has 0 unspecified atom stereocenters. The molecule has 0 saturated carbocycles. The van der Waals surface area contributed by atoms with Crippen LogP contribution >= 0.6 is 0 Å². The molecule has 2 atom stereocenters. The van der Waals surface area contributed by atoms with E-state index in [1.165, 1.54) is 0 Å². The molecule has 1 aliphatic rings. The zero-order valence-corrected chi connectivity index (χ0v) is 8.45. The van der Waals surface area contributed by atoms with Gasteiger partial charge in [0.2, 0.25) is 5.91 Å². The number of hydroxylamine groups is 2. The lowest BCUT2D eigenvalue weighted by molar-refractivity contribution is -0.246. The van der Waals surface area contributed by atoms with Gasteiger partial charge in [0, 0.05) is 6.04 Å². The minimum absolute atomic E-state index is 0.279. The van der Waals surface area contributed by atoms with Crippen LogP contribution in [-0.4, -0.2) is 35.2 Å². The van der Waals surface area contributed by atoms with Crippen LogP contribution in [0.1, 0.15) is 19.8 Å². The van der Waals surface area contributed by atoms with Gasteiger partial charge in [0.1, 0.15) is 6.04 Å². The van der Waals surface area contributed by atoms with Crippen LogP contribution < -0.4 is 5.73 Å². The normalized spacial score (nSPS) is 26.8. The van der Waals surface area contributed by atoms with Crippen LogP contribution in [0.25, 0.3) is 0 Å². The Bertz CT molecular complexity index is 305. The van der Waals surface area contributed by atoms with Crippen molar-refractivity contribution in [2.75, 3.05) is 0 Å². The first-order valence-corrected chi connectivity index (χ1v) is 4.60. The van der Waals surface area contributed by atoms with Gasteiger partial charge in [-0.2, -0.15) is 13.2 Å². The average Bonchev–Trinajstić information content (AvgIpc) is 2.46. The quantitative estimate of drug-likeness (QED) is 0.755. The maximum atomic E-state index is 11.9. The van der Waals surface area contributed by atoms with Gasteiger partial charge in [-0.3, -0.25) is 4.79 Å². The third-order valence-electron chi connectivity index (χ3n) is 2.35. The highest BCUT2D eigenvalue weighted by Gasteiger charge is 2.46. The number of rotatable bonds is 2. The summed E-state index contributed by atoms with van der Waals surface area (Å²) in [5.74, 6) is -3.15. The summed E-state index contributed by atoms with van der Waals surface area (Å²) in [7, 11) is 0. The lowest BCUT2D eigenvalue weighted by Gasteiger charge is -2.24. The fraction of sp³-hybridized carbons (Fsp3) is 0.750. The number of amides is 1. The molecule has 1 fully saturated rings. The van der Waals surface area contributed by atoms with E-state index in [0.717, 1.165) is 5.06 Å². The average molecular weight is 240 g/mol. The number of carbonyl (C=O) groups excluding carboxylic acids is 2. The fourth-order valence-electron chi connectivity index (χ4n) is 1.53. The van der Waals surface area contributed by atoms with Crippen LogP contribution in [0.5, 0.6) is 0 Å². The first kappa shape index (κ1) is 12.8. The lowest BCUT2D eigenvalue weighted by Crippen LogP contribution is -2.46. The van der Waals surface area contributed by atoms with Gasteiger partial charge in [-0.15, -0.1) is 5.06 Å². The summed E-state index contributed by atoms with van der Waals surface area (Å²) in [6.45, 7) is 1.55. The van der Waals surface area contributed by atoms with Crippen LogP contribution in [-0.2, 0) is 14.4 Å². The zero-order valence-electron chi connectivity index (χ0n) is 8.45. The van der Waals surface area contributed by atoms with Gasteiger partial charge in [-0.05, 0) is 19.8 Å². The standard InChI is InChI=1S/C8H11F3N2O3/c1-4-2-3-5(6(12)14)13(4)16-7(15)8(9,10)11/h4-5H,2-3H2,1H3,(H2,12,14)/t4-,5-/m0/s1. The van der Waals surface area contributed by atoms with E-state index in [0.29, 0.717) is 6.42 Å². The molecule has 0 spiro atoms. The molecule has 1 heterocycles. The van der Waals surface area contributed by atoms with Crippen molar-refractivity contribution < 1.29 is 27.6 Å². The molecule has 0 aromatic heterocycles. The number of hydrogen-bond donors (Lipinski definition) is 1. The van der Waals surface area contributed by atoms with Crippen molar-refractivity contribution in [2.24, 2.45) is 5.73 Å². The predicted octanol–water partition coefficient (Wildman–Crippen LogP) is 0.345. The first-order valence-electron chi connectivity index (χ1n) is 4.60. The van der Waals surface area contributed by atoms with Crippen molar-refractivity contribution in [3.63, 3.8) is 0 Å². The first-order chi connectivity index (χ1) is 7.23. The third-order valence-corrected chi connectivity index (χ3v) is 2.35. The molecule has 0 bridgehead atoms. The minimum Gasteiger partial charge on any atom is -0.368 e. The summed E-state index contributed by atoms with van der Waals surface area (Å²) < 4.78 is 35.8. The molecule has 1 aliphatic heterocycles. The number of alkyl halides is 3. The van der Waals surface area contributed by atoms with E-state index in [1.807, 2.05) is 0 Å². The summed E-state index contributed by atoms with van der Waals surface area (Å²) in [5, 5.41) is 0.720. The summed E-state index contributed by atoms with van der Waals surface area (Å²) in [6, 6.07) is -1.44. The smallest absolute Gasteiger partial charge is 0.368 e. The molecular weight excluding hydrogens is 229 g/mol. The maximum Gasteiger partial charge on any atom is 0.492 e. The summed E-state index contributed by atoms with van der Waals surface area (Å²) >= 11 is 0. The number of halogens is 3. The number of nitrogens with zero attached hydrogens (tertiary/aromatic N) is 1. The van der Waals surface area contributed by atoms with Crippen molar-refractivity contribution in [3.8, 4) is 0 Å². The molecule has 1 saturated heterocycles. The molecule has 8 heteroatoms. The van der Waals surface area contributed by atoms with Gasteiger partial charge in [-0.25, -0.2) is 4.79 Å². The third kappa shape index (κ3) is 2.63. The van der Waals surface area contributed by atoms with Gasteiger partial charge in [0.15, 0.2) is 0 Å². The SMILES string of the molecule is C[C@H]1CC[C@@H](C(N)=O)N1OC(=O)C(F)(F)F. The Morgan fingerprint density at radius 2 is 1.94 bits per heavy atom. The Kier molecular flexibility index (Phi) is 3.41. The predicted molar refractivity (Wildman–Crippen MR) is 45.7 cm³/mol. The van der Waals surface area contributed by atoms with Gasteiger partial charge in [-0.1, -0.05) is 0 Å². The zero-order chi connectivity index (χ0) is 12.5. The van der Waals surface area contributed by atoms with E-state index in [2.05, 4.69) is 4.84 Å². The number of primary amides is 1. The van der Waals surface area contributed by atoms with Crippen LogP contribution in [0.2, 0.25) is 0 Å². The summed E-state index contributed by atoms with van der Waals surface area (Å²) in [5.41, 5.74) is 4.98. The molecule has 16 heavy (non-hydrogen) atoms. The maximum absolute atomic E-state index is 11.9. The van der Waals surface area contributed by atoms with E-state index < -0.39 is 30.1 Å². The largest absolute Gasteiger partial charge is 0.492 e. The molecule has 0 aromatic carbocycles. The molecule has 0 radical (unpaired) electrons. The van der Waals surface area contributed by atoms with Gasteiger partial charge >= 0.3 is 12.1 Å². The second-order valence-electron chi connectivity index (χ2n) is 3.58. The number of carbonyl (C=O) groups is 2. The monoisotopic (exact) mass is 240 g/mol. The highest BCUT2D eigenvalue weighted by atomic mass is 19.4. The van der Waals surface area contributed by atoms with Crippen molar-refractivity contribution in [1.29, 1.82) is 0 Å². The van der Waals surface area contributed by atoms with Crippen molar-refractivity contribution >= 4 is 11.9 Å². The second kappa shape index (κ2) is 4.28. The molecule has 1 amide bonds. The van der Waals surface area contributed by atoms with Gasteiger partial charge < -0.3 is 10.6 Å². The molecule has 5 nitrogen and oxygen atoms in total.